The summed E-state index contributed by atoms with van der Waals surface area (Å²) in [5.74, 6) is -1.46. The molecule has 6 heteroatoms. The molecule has 0 saturated heterocycles. The minimum Gasteiger partial charge on any atom is -0.504 e. The van der Waals surface area contributed by atoms with E-state index >= 15 is 0 Å². The van der Waals surface area contributed by atoms with Crippen LogP contribution in [0.15, 0.2) is 18.2 Å². The number of hydrogen-bond acceptors (Lipinski definition) is 4. The first-order valence-electron chi connectivity index (χ1n) is 4.80. The lowest BCUT2D eigenvalue weighted by molar-refractivity contribution is -0.137. The van der Waals surface area contributed by atoms with E-state index in [1.54, 1.807) is 0 Å². The van der Waals surface area contributed by atoms with Gasteiger partial charge < -0.3 is 19.8 Å². The van der Waals surface area contributed by atoms with Crippen LogP contribution in [0.2, 0.25) is 0 Å². The third-order valence-corrected chi connectivity index (χ3v) is 2.15. The highest BCUT2D eigenvalue weighted by molar-refractivity contribution is 5.96. The van der Waals surface area contributed by atoms with E-state index in [1.807, 2.05) is 0 Å². The van der Waals surface area contributed by atoms with Crippen LogP contribution in [-0.4, -0.2) is 47.7 Å². The van der Waals surface area contributed by atoms with Crippen LogP contribution in [0.25, 0.3) is 0 Å². The van der Waals surface area contributed by atoms with Gasteiger partial charge in [0.15, 0.2) is 11.5 Å². The number of carboxylic acids is 1. The molecule has 0 atom stereocenters. The van der Waals surface area contributed by atoms with E-state index < -0.39 is 11.9 Å². The van der Waals surface area contributed by atoms with Crippen LogP contribution < -0.4 is 4.74 Å². The zero-order valence-corrected chi connectivity index (χ0v) is 9.51. The molecule has 2 N–H and O–H groups in total. The number of rotatable bonds is 4. The Kier molecular flexibility index (Phi) is 3.92. The number of hydrogen-bond donors (Lipinski definition) is 2. The van der Waals surface area contributed by atoms with Gasteiger partial charge in [-0.05, 0) is 18.2 Å². The van der Waals surface area contributed by atoms with E-state index in [0.29, 0.717) is 0 Å². The quantitative estimate of drug-likeness (QED) is 0.801. The van der Waals surface area contributed by atoms with Gasteiger partial charge in [0.1, 0.15) is 6.54 Å². The summed E-state index contributed by atoms with van der Waals surface area (Å²) in [6.07, 6.45) is 0. The summed E-state index contributed by atoms with van der Waals surface area (Å²) in [6.45, 7) is -0.387. The lowest BCUT2D eigenvalue weighted by atomic mass is 10.2. The minimum absolute atomic E-state index is 0.0788. The van der Waals surface area contributed by atoms with E-state index in [4.69, 9.17) is 9.84 Å². The van der Waals surface area contributed by atoms with E-state index in [2.05, 4.69) is 0 Å². The fraction of sp³-hybridized carbons (Fsp3) is 0.273. The third-order valence-electron chi connectivity index (χ3n) is 2.15. The summed E-state index contributed by atoms with van der Waals surface area (Å²) in [4.78, 5) is 23.3. The smallest absolute Gasteiger partial charge is 0.323 e. The van der Waals surface area contributed by atoms with Gasteiger partial charge in [0.25, 0.3) is 5.91 Å². The molecule has 1 rings (SSSR count). The second-order valence-electron chi connectivity index (χ2n) is 3.44. The van der Waals surface area contributed by atoms with Crippen LogP contribution >= 0.6 is 0 Å². The Balaban J connectivity index is 2.92. The number of carbonyl (C=O) groups is 2. The van der Waals surface area contributed by atoms with Crippen LogP contribution in [0.5, 0.6) is 11.5 Å². The molecule has 0 aromatic heterocycles. The molecule has 1 aromatic rings. The predicted molar refractivity (Wildman–Crippen MR) is 59.3 cm³/mol. The van der Waals surface area contributed by atoms with Gasteiger partial charge in [-0.1, -0.05) is 0 Å². The number of aliphatic carboxylic acids is 1. The Morgan fingerprint density at radius 2 is 2.06 bits per heavy atom. The Morgan fingerprint density at radius 3 is 2.59 bits per heavy atom. The lowest BCUT2D eigenvalue weighted by Crippen LogP contribution is -2.31. The number of carbonyl (C=O) groups excluding carboxylic acids is 1. The number of amides is 1. The summed E-state index contributed by atoms with van der Waals surface area (Å²) in [5.41, 5.74) is 0.253. The maximum atomic E-state index is 11.8. The maximum absolute atomic E-state index is 11.8. The van der Waals surface area contributed by atoms with E-state index in [0.717, 1.165) is 4.90 Å². The summed E-state index contributed by atoms with van der Waals surface area (Å²) in [6, 6.07) is 4.08. The van der Waals surface area contributed by atoms with Crippen LogP contribution in [0, 0.1) is 0 Å². The van der Waals surface area contributed by atoms with Gasteiger partial charge in [-0.25, -0.2) is 0 Å². The number of likely N-dealkylation sites (N-methyl/N-ethyl adjacent to an activating group) is 1. The highest BCUT2D eigenvalue weighted by Gasteiger charge is 2.15. The molecule has 0 saturated carbocycles. The van der Waals surface area contributed by atoms with Crippen molar-refractivity contribution in [3.05, 3.63) is 23.8 Å². The standard InChI is InChI=1S/C11H13NO5/c1-12(6-10(14)15)11(16)7-3-4-8(13)9(5-7)17-2/h3-5,13H,6H2,1-2H3,(H,14,15). The van der Waals surface area contributed by atoms with Gasteiger partial charge >= 0.3 is 5.97 Å². The molecule has 92 valence electrons. The van der Waals surface area contributed by atoms with Crippen molar-refractivity contribution < 1.29 is 24.5 Å². The zero-order valence-electron chi connectivity index (χ0n) is 9.51. The molecule has 0 aliphatic rings. The molecule has 1 amide bonds. The monoisotopic (exact) mass is 239 g/mol. The molecule has 0 aliphatic heterocycles. The van der Waals surface area contributed by atoms with Crippen molar-refractivity contribution in [1.29, 1.82) is 0 Å². The summed E-state index contributed by atoms with van der Waals surface area (Å²) < 4.78 is 4.86. The number of nitrogens with zero attached hydrogens (tertiary/aromatic N) is 1. The number of aromatic hydroxyl groups is 1. The Morgan fingerprint density at radius 1 is 1.41 bits per heavy atom. The van der Waals surface area contributed by atoms with Gasteiger partial charge in [0, 0.05) is 12.6 Å². The van der Waals surface area contributed by atoms with Crippen molar-refractivity contribution in [2.75, 3.05) is 20.7 Å². The molecule has 0 unspecified atom stereocenters. The SMILES string of the molecule is COc1cc(C(=O)N(C)CC(=O)O)ccc1O. The highest BCUT2D eigenvalue weighted by Crippen LogP contribution is 2.26. The van der Waals surface area contributed by atoms with Gasteiger partial charge in [0.05, 0.1) is 7.11 Å². The number of methoxy groups -OCH3 is 1. The largest absolute Gasteiger partial charge is 0.504 e. The van der Waals surface area contributed by atoms with E-state index in [9.17, 15) is 14.7 Å². The fourth-order valence-electron chi connectivity index (χ4n) is 1.31. The second kappa shape index (κ2) is 5.20. The molecule has 1 aromatic carbocycles. The lowest BCUT2D eigenvalue weighted by Gasteiger charge is -2.15. The molecule has 0 radical (unpaired) electrons. The number of benzene rings is 1. The van der Waals surface area contributed by atoms with Gasteiger partial charge in [-0.3, -0.25) is 9.59 Å². The van der Waals surface area contributed by atoms with Crippen molar-refractivity contribution in [1.82, 2.24) is 4.90 Å². The molecule has 0 fully saturated rings. The fourth-order valence-corrected chi connectivity index (χ4v) is 1.31. The maximum Gasteiger partial charge on any atom is 0.323 e. The number of ether oxygens (including phenoxy) is 1. The molecule has 6 nitrogen and oxygen atoms in total. The Bertz CT molecular complexity index is 443. The zero-order chi connectivity index (χ0) is 13.0. The van der Waals surface area contributed by atoms with Crippen molar-refractivity contribution in [2.45, 2.75) is 0 Å². The van der Waals surface area contributed by atoms with Crippen LogP contribution in [0.1, 0.15) is 10.4 Å². The first kappa shape index (κ1) is 12.8. The van der Waals surface area contributed by atoms with Crippen LogP contribution in [0.3, 0.4) is 0 Å². The average Bonchev–Trinajstić information content (AvgIpc) is 2.27. The number of phenolic OH excluding ortho intramolecular Hbond substituents is 1. The molecule has 0 bridgehead atoms. The Hall–Kier alpha value is -2.24. The molecule has 0 aliphatic carbocycles. The number of phenols is 1. The first-order valence-corrected chi connectivity index (χ1v) is 4.80. The summed E-state index contributed by atoms with van der Waals surface area (Å²) in [7, 11) is 2.75. The van der Waals surface area contributed by atoms with Gasteiger partial charge in [0.2, 0.25) is 0 Å². The van der Waals surface area contributed by atoms with Crippen molar-refractivity contribution in [3.63, 3.8) is 0 Å². The van der Waals surface area contributed by atoms with Crippen LogP contribution in [0.4, 0.5) is 0 Å². The van der Waals surface area contributed by atoms with E-state index in [-0.39, 0.29) is 23.6 Å². The summed E-state index contributed by atoms with van der Waals surface area (Å²) in [5, 5.41) is 17.9. The molecular weight excluding hydrogens is 226 g/mol. The topological polar surface area (TPSA) is 87.1 Å². The highest BCUT2D eigenvalue weighted by atomic mass is 16.5. The average molecular weight is 239 g/mol. The van der Waals surface area contributed by atoms with Crippen molar-refractivity contribution >= 4 is 11.9 Å². The van der Waals surface area contributed by atoms with Gasteiger partial charge in [-0.2, -0.15) is 0 Å². The molecule has 0 heterocycles. The van der Waals surface area contributed by atoms with Crippen LogP contribution in [-0.2, 0) is 4.79 Å². The predicted octanol–water partition coefficient (Wildman–Crippen LogP) is 0.557. The normalized spacial score (nSPS) is 9.76. The second-order valence-corrected chi connectivity index (χ2v) is 3.44. The first-order chi connectivity index (χ1) is 7.95. The molecule has 17 heavy (non-hydrogen) atoms. The minimum atomic E-state index is -1.09. The Labute approximate surface area is 98.0 Å². The summed E-state index contributed by atoms with van der Waals surface area (Å²) >= 11 is 0. The third kappa shape index (κ3) is 3.10. The number of carboxylic acid groups (broad SMARTS) is 1. The molecular formula is C11H13NO5. The van der Waals surface area contributed by atoms with Gasteiger partial charge in [-0.15, -0.1) is 0 Å². The van der Waals surface area contributed by atoms with Crippen molar-refractivity contribution in [2.24, 2.45) is 0 Å². The van der Waals surface area contributed by atoms with Crippen molar-refractivity contribution in [3.8, 4) is 11.5 Å². The molecule has 0 spiro atoms. The van der Waals surface area contributed by atoms with E-state index in [1.165, 1.54) is 32.4 Å².